The zero-order chi connectivity index (χ0) is 19.3. The zero-order valence-electron chi connectivity index (χ0n) is 14.9. The van der Waals surface area contributed by atoms with Gasteiger partial charge < -0.3 is 14.4 Å². The number of halogens is 1. The van der Waals surface area contributed by atoms with E-state index in [0.29, 0.717) is 23.4 Å². The largest absolute Gasteiger partial charge is 0.478 e. The summed E-state index contributed by atoms with van der Waals surface area (Å²) in [6.45, 7) is 3.98. The Bertz CT molecular complexity index is 794. The molecular weight excluding hydrogens is 353 g/mol. The molecule has 0 heterocycles. The molecular formula is C19H22FN3O2S. The molecule has 0 radical (unpaired) electrons. The molecule has 2 aromatic rings. The quantitative estimate of drug-likeness (QED) is 0.407. The maximum Gasteiger partial charge on any atom is 0.251 e. The van der Waals surface area contributed by atoms with E-state index < -0.39 is 0 Å². The first-order valence-corrected chi connectivity index (χ1v) is 8.57. The number of nitrogens with zero attached hydrogens (tertiary/aromatic N) is 1. The first-order chi connectivity index (χ1) is 12.3. The minimum atomic E-state index is -0.323. The van der Waals surface area contributed by atoms with Gasteiger partial charge in [-0.25, -0.2) is 4.39 Å². The molecule has 0 bridgehead atoms. The Morgan fingerprint density at radius 2 is 1.88 bits per heavy atom. The predicted molar refractivity (Wildman–Crippen MR) is 105 cm³/mol. The third-order valence-corrected chi connectivity index (χ3v) is 4.05. The van der Waals surface area contributed by atoms with Crippen LogP contribution in [-0.4, -0.2) is 25.5 Å². The Hall–Kier alpha value is -2.54. The van der Waals surface area contributed by atoms with E-state index in [2.05, 4.69) is 18.1 Å². The van der Waals surface area contributed by atoms with Crippen molar-refractivity contribution in [3.05, 3.63) is 65.0 Å². The molecule has 0 unspecified atom stereocenters. The number of hydrogen-bond donors (Lipinski definition) is 3. The highest BCUT2D eigenvalue weighted by molar-refractivity contribution is 7.81. The van der Waals surface area contributed by atoms with E-state index in [9.17, 15) is 9.18 Å². The van der Waals surface area contributed by atoms with Gasteiger partial charge in [0.15, 0.2) is 0 Å². The topological polar surface area (TPSA) is 65.4 Å². The van der Waals surface area contributed by atoms with Crippen LogP contribution in [0.3, 0.4) is 0 Å². The third kappa shape index (κ3) is 4.98. The Morgan fingerprint density at radius 1 is 1.27 bits per heavy atom. The molecule has 0 aliphatic rings. The Morgan fingerprint density at radius 3 is 2.46 bits per heavy atom. The van der Waals surface area contributed by atoms with Crippen molar-refractivity contribution in [2.24, 2.45) is 0 Å². The second kappa shape index (κ2) is 8.71. The van der Waals surface area contributed by atoms with Crippen LogP contribution in [0.1, 0.15) is 41.4 Å². The minimum absolute atomic E-state index is 0.00911. The number of ether oxygens (including phenoxy) is 1. The maximum atomic E-state index is 13.0. The highest BCUT2D eigenvalue weighted by Gasteiger charge is 2.16. The first kappa shape index (κ1) is 19.8. The van der Waals surface area contributed by atoms with Gasteiger partial charge in [0.25, 0.3) is 5.91 Å². The predicted octanol–water partition coefficient (Wildman–Crippen LogP) is 3.96. The van der Waals surface area contributed by atoms with Gasteiger partial charge in [-0.15, -0.1) is 0 Å². The van der Waals surface area contributed by atoms with E-state index in [4.69, 9.17) is 10.1 Å². The fourth-order valence-corrected chi connectivity index (χ4v) is 2.52. The highest BCUT2D eigenvalue weighted by Crippen LogP contribution is 2.21. The molecule has 1 atom stereocenters. The van der Waals surface area contributed by atoms with Gasteiger partial charge in [-0.2, -0.15) is 0 Å². The van der Waals surface area contributed by atoms with Crippen LogP contribution < -0.4 is 9.62 Å². The van der Waals surface area contributed by atoms with Crippen molar-refractivity contribution in [1.29, 1.82) is 5.41 Å². The molecule has 0 aliphatic carbocycles. The molecule has 0 saturated carbocycles. The molecule has 0 saturated heterocycles. The second-order valence-electron chi connectivity index (χ2n) is 5.80. The molecule has 7 heteroatoms. The molecule has 5 nitrogen and oxygen atoms in total. The zero-order valence-corrected chi connectivity index (χ0v) is 15.8. The van der Waals surface area contributed by atoms with Crippen LogP contribution in [0.5, 0.6) is 0 Å². The van der Waals surface area contributed by atoms with Crippen LogP contribution in [-0.2, 0) is 4.74 Å². The lowest BCUT2D eigenvalue weighted by Gasteiger charge is -2.18. The van der Waals surface area contributed by atoms with Crippen LogP contribution >= 0.6 is 12.8 Å². The summed E-state index contributed by atoms with van der Waals surface area (Å²) in [7, 11) is 1.73. The van der Waals surface area contributed by atoms with Gasteiger partial charge in [-0.05, 0) is 49.7 Å². The second-order valence-corrected chi connectivity index (χ2v) is 6.40. The lowest BCUT2D eigenvalue weighted by Crippen LogP contribution is -2.27. The van der Waals surface area contributed by atoms with Crippen LogP contribution in [0.4, 0.5) is 10.1 Å². The summed E-state index contributed by atoms with van der Waals surface area (Å²) in [5.74, 6) is -0.634. The van der Waals surface area contributed by atoms with Crippen LogP contribution in [0, 0.1) is 11.2 Å². The van der Waals surface area contributed by atoms with Crippen molar-refractivity contribution >= 4 is 30.3 Å². The molecule has 2 N–H and O–H groups in total. The van der Waals surface area contributed by atoms with Crippen molar-refractivity contribution < 1.29 is 13.9 Å². The van der Waals surface area contributed by atoms with E-state index in [1.807, 2.05) is 6.92 Å². The Labute approximate surface area is 158 Å². The van der Waals surface area contributed by atoms with E-state index in [1.54, 1.807) is 48.6 Å². The number of amides is 1. The van der Waals surface area contributed by atoms with Crippen molar-refractivity contribution in [2.75, 3.05) is 18.0 Å². The summed E-state index contributed by atoms with van der Waals surface area (Å²) in [6.07, 6.45) is 0. The molecule has 26 heavy (non-hydrogen) atoms. The summed E-state index contributed by atoms with van der Waals surface area (Å²) >= 11 is 4.26. The molecule has 0 fully saturated rings. The first-order valence-electron chi connectivity index (χ1n) is 8.17. The minimum Gasteiger partial charge on any atom is -0.478 e. The standard InChI is InChI=1S/C19H22FN3O2S/c1-4-25-18(21)14-9-15(11-17(10-14)23(3)26)19(24)22-12(2)13-5-7-16(20)8-6-13/h5-12,21,26H,4H2,1-3H3,(H,22,24)/t12-/m1/s1. The fraction of sp³-hybridized carbons (Fsp3) is 0.263. The number of rotatable bonds is 6. The summed E-state index contributed by atoms with van der Waals surface area (Å²) in [6, 6.07) is 10.7. The summed E-state index contributed by atoms with van der Waals surface area (Å²) < 4.78 is 19.8. The van der Waals surface area contributed by atoms with Gasteiger partial charge in [0.05, 0.1) is 12.6 Å². The van der Waals surface area contributed by atoms with Crippen LogP contribution in [0.15, 0.2) is 42.5 Å². The average Bonchev–Trinajstić information content (AvgIpc) is 2.61. The van der Waals surface area contributed by atoms with E-state index >= 15 is 0 Å². The van der Waals surface area contributed by atoms with Gasteiger partial charge in [0.1, 0.15) is 5.82 Å². The van der Waals surface area contributed by atoms with Crippen molar-refractivity contribution in [3.8, 4) is 0 Å². The molecule has 2 aromatic carbocycles. The number of carbonyl (C=O) groups excluding carboxylic acids is 1. The Balaban J connectivity index is 2.26. The maximum absolute atomic E-state index is 13.0. The van der Waals surface area contributed by atoms with Gasteiger partial charge in [0.2, 0.25) is 5.90 Å². The molecule has 0 spiro atoms. The SMILES string of the molecule is CCOC(=N)c1cc(C(=O)N[C@H](C)c2ccc(F)cc2)cc(N(C)S)c1. The molecule has 1 amide bonds. The lowest BCUT2D eigenvalue weighted by atomic mass is 10.1. The summed E-state index contributed by atoms with van der Waals surface area (Å²) in [5, 5.41) is 10.8. The number of nitrogens with one attached hydrogen (secondary N) is 2. The molecule has 0 aliphatic heterocycles. The van der Waals surface area contributed by atoms with Crippen LogP contribution in [0.25, 0.3) is 0 Å². The number of thiol groups is 1. The molecule has 138 valence electrons. The van der Waals surface area contributed by atoms with Crippen molar-refractivity contribution in [1.82, 2.24) is 5.32 Å². The van der Waals surface area contributed by atoms with E-state index in [1.165, 1.54) is 12.1 Å². The lowest BCUT2D eigenvalue weighted by molar-refractivity contribution is 0.0940. The monoisotopic (exact) mass is 375 g/mol. The molecule has 0 aromatic heterocycles. The Kier molecular flexibility index (Phi) is 6.63. The van der Waals surface area contributed by atoms with Gasteiger partial charge in [-0.3, -0.25) is 10.2 Å². The summed E-state index contributed by atoms with van der Waals surface area (Å²) in [4.78, 5) is 12.7. The number of benzene rings is 2. The number of anilines is 1. The average molecular weight is 375 g/mol. The smallest absolute Gasteiger partial charge is 0.251 e. The van der Waals surface area contributed by atoms with Crippen LogP contribution in [0.2, 0.25) is 0 Å². The third-order valence-electron chi connectivity index (χ3n) is 3.82. The van der Waals surface area contributed by atoms with E-state index in [0.717, 1.165) is 5.56 Å². The molecule has 2 rings (SSSR count). The van der Waals surface area contributed by atoms with Gasteiger partial charge in [-0.1, -0.05) is 24.9 Å². The number of hydrogen-bond acceptors (Lipinski definition) is 5. The van der Waals surface area contributed by atoms with Gasteiger partial charge >= 0.3 is 0 Å². The van der Waals surface area contributed by atoms with Crippen molar-refractivity contribution in [3.63, 3.8) is 0 Å². The number of carbonyl (C=O) groups is 1. The fourth-order valence-electron chi connectivity index (χ4n) is 2.40. The van der Waals surface area contributed by atoms with Gasteiger partial charge in [0, 0.05) is 23.9 Å². The van der Waals surface area contributed by atoms with E-state index in [-0.39, 0.29) is 23.7 Å². The summed E-state index contributed by atoms with van der Waals surface area (Å²) in [5.41, 5.74) is 2.33. The normalized spacial score (nSPS) is 11.6. The van der Waals surface area contributed by atoms with Crippen molar-refractivity contribution in [2.45, 2.75) is 19.9 Å². The highest BCUT2D eigenvalue weighted by atomic mass is 32.1.